The van der Waals surface area contributed by atoms with E-state index in [1.807, 2.05) is 6.92 Å². The van der Waals surface area contributed by atoms with Gasteiger partial charge in [-0.15, -0.1) is 0 Å². The van der Waals surface area contributed by atoms with Crippen molar-refractivity contribution in [2.45, 2.75) is 71.3 Å². The lowest BCUT2D eigenvalue weighted by Gasteiger charge is -2.46. The van der Waals surface area contributed by atoms with E-state index in [0.717, 1.165) is 41.9 Å². The largest absolute Gasteiger partial charge is 0.493 e. The molecule has 0 saturated carbocycles. The smallest absolute Gasteiger partial charge is 0.167 e. The zero-order chi connectivity index (χ0) is 18.5. The number of aliphatic hydroxyl groups is 1. The van der Waals surface area contributed by atoms with Gasteiger partial charge in [0.25, 0.3) is 0 Å². The van der Waals surface area contributed by atoms with Crippen LogP contribution in [0.2, 0.25) is 0 Å². The SMILES string of the molecule is COc1c(C)c2c3c(c1OC)C(C)(O)CC[C@@H]3[C@@H](C)C[C@H]2C=C(C)C. The summed E-state index contributed by atoms with van der Waals surface area (Å²) in [5.74, 6) is 2.96. The first kappa shape index (κ1) is 18.3. The second-order valence-electron chi connectivity index (χ2n) is 8.38. The maximum Gasteiger partial charge on any atom is 0.167 e. The standard InChI is InChI=1S/C22H32O3/c1-12(2)10-15-11-13(3)16-8-9-22(5,23)19-18(16)17(15)14(4)20(24-6)21(19)25-7/h10,13,15-16,23H,8-9,11H2,1-7H3/t13-,15+,16+,22?/m0/s1. The van der Waals surface area contributed by atoms with Gasteiger partial charge in [0.15, 0.2) is 11.5 Å². The highest BCUT2D eigenvalue weighted by atomic mass is 16.5. The van der Waals surface area contributed by atoms with Gasteiger partial charge in [0.05, 0.1) is 19.8 Å². The minimum atomic E-state index is -0.876. The molecule has 25 heavy (non-hydrogen) atoms. The van der Waals surface area contributed by atoms with E-state index in [4.69, 9.17) is 9.47 Å². The molecule has 1 unspecified atom stereocenters. The predicted molar refractivity (Wildman–Crippen MR) is 102 cm³/mol. The van der Waals surface area contributed by atoms with Gasteiger partial charge >= 0.3 is 0 Å². The number of hydrogen-bond donors (Lipinski definition) is 1. The van der Waals surface area contributed by atoms with Crippen LogP contribution >= 0.6 is 0 Å². The first-order valence-electron chi connectivity index (χ1n) is 9.39. The third-order valence-electron chi connectivity index (χ3n) is 6.22. The summed E-state index contributed by atoms with van der Waals surface area (Å²) in [6.07, 6.45) is 5.33. The van der Waals surface area contributed by atoms with Crippen molar-refractivity contribution < 1.29 is 14.6 Å². The van der Waals surface area contributed by atoms with Crippen LogP contribution in [-0.4, -0.2) is 19.3 Å². The molecule has 0 aliphatic heterocycles. The topological polar surface area (TPSA) is 38.7 Å². The maximum absolute atomic E-state index is 11.2. The second-order valence-corrected chi connectivity index (χ2v) is 8.38. The molecule has 0 amide bonds. The third-order valence-corrected chi connectivity index (χ3v) is 6.22. The Bertz CT molecular complexity index is 711. The molecule has 1 aromatic rings. The van der Waals surface area contributed by atoms with Crippen LogP contribution in [-0.2, 0) is 5.60 Å². The molecule has 3 nitrogen and oxygen atoms in total. The van der Waals surface area contributed by atoms with Crippen LogP contribution in [0.15, 0.2) is 11.6 Å². The normalized spacial score (nSPS) is 30.5. The Kier molecular flexibility index (Phi) is 4.65. The van der Waals surface area contributed by atoms with E-state index in [0.29, 0.717) is 17.8 Å². The number of rotatable bonds is 3. The van der Waals surface area contributed by atoms with Gasteiger partial charge in [-0.25, -0.2) is 0 Å². The Hall–Kier alpha value is -1.48. The van der Waals surface area contributed by atoms with E-state index >= 15 is 0 Å². The summed E-state index contributed by atoms with van der Waals surface area (Å²) < 4.78 is 11.5. The Morgan fingerprint density at radius 3 is 2.36 bits per heavy atom. The highest BCUT2D eigenvalue weighted by molar-refractivity contribution is 5.65. The molecule has 2 aliphatic carbocycles. The molecule has 0 radical (unpaired) electrons. The van der Waals surface area contributed by atoms with Crippen molar-refractivity contribution in [2.75, 3.05) is 14.2 Å². The molecular weight excluding hydrogens is 312 g/mol. The summed E-state index contributed by atoms with van der Waals surface area (Å²) in [6.45, 7) is 10.7. The molecule has 3 heteroatoms. The zero-order valence-corrected chi connectivity index (χ0v) is 16.7. The molecule has 0 fully saturated rings. The van der Waals surface area contributed by atoms with Crippen molar-refractivity contribution in [3.8, 4) is 11.5 Å². The van der Waals surface area contributed by atoms with Crippen LogP contribution in [0, 0.1) is 12.8 Å². The number of ether oxygens (including phenoxy) is 2. The molecule has 0 heterocycles. The number of methoxy groups -OCH3 is 2. The summed E-state index contributed by atoms with van der Waals surface area (Å²) in [5, 5.41) is 11.2. The van der Waals surface area contributed by atoms with E-state index in [-0.39, 0.29) is 0 Å². The lowest BCUT2D eigenvalue weighted by Crippen LogP contribution is -2.36. The molecule has 0 aromatic heterocycles. The summed E-state index contributed by atoms with van der Waals surface area (Å²) in [6, 6.07) is 0. The molecule has 1 aromatic carbocycles. The van der Waals surface area contributed by atoms with Gasteiger partial charge in [-0.1, -0.05) is 18.6 Å². The first-order valence-corrected chi connectivity index (χ1v) is 9.39. The summed E-state index contributed by atoms with van der Waals surface area (Å²) >= 11 is 0. The van der Waals surface area contributed by atoms with Crippen LogP contribution in [0.4, 0.5) is 0 Å². The molecule has 0 spiro atoms. The number of hydrogen-bond acceptors (Lipinski definition) is 3. The zero-order valence-electron chi connectivity index (χ0n) is 16.7. The van der Waals surface area contributed by atoms with Crippen LogP contribution in [0.5, 0.6) is 11.5 Å². The lowest BCUT2D eigenvalue weighted by molar-refractivity contribution is 0.0265. The number of benzene rings is 1. The minimum absolute atomic E-state index is 0.374. The first-order chi connectivity index (χ1) is 11.7. The molecule has 1 N–H and O–H groups in total. The average Bonchev–Trinajstić information content (AvgIpc) is 2.51. The van der Waals surface area contributed by atoms with Crippen molar-refractivity contribution in [3.63, 3.8) is 0 Å². The molecule has 2 aliphatic rings. The fraction of sp³-hybridized carbons (Fsp3) is 0.636. The van der Waals surface area contributed by atoms with Crippen LogP contribution in [0.25, 0.3) is 0 Å². The molecule has 138 valence electrons. The summed E-state index contributed by atoms with van der Waals surface area (Å²) in [4.78, 5) is 0. The Morgan fingerprint density at radius 2 is 1.80 bits per heavy atom. The Balaban J connectivity index is 2.42. The van der Waals surface area contributed by atoms with E-state index in [9.17, 15) is 5.11 Å². The van der Waals surface area contributed by atoms with Gasteiger partial charge < -0.3 is 14.6 Å². The van der Waals surface area contributed by atoms with E-state index < -0.39 is 5.60 Å². The number of allylic oxidation sites excluding steroid dienone is 2. The second kappa shape index (κ2) is 6.35. The van der Waals surface area contributed by atoms with Gasteiger partial charge in [-0.05, 0) is 75.5 Å². The minimum Gasteiger partial charge on any atom is -0.493 e. The summed E-state index contributed by atoms with van der Waals surface area (Å²) in [5.41, 5.74) is 5.27. The highest BCUT2D eigenvalue weighted by Crippen LogP contribution is 2.59. The van der Waals surface area contributed by atoms with Gasteiger partial charge in [0, 0.05) is 11.5 Å². The Labute approximate surface area is 152 Å². The molecule has 3 rings (SSSR count). The average molecular weight is 344 g/mol. The molecule has 0 saturated heterocycles. The van der Waals surface area contributed by atoms with Crippen molar-refractivity contribution in [3.05, 3.63) is 33.9 Å². The fourth-order valence-corrected chi connectivity index (χ4v) is 5.21. The van der Waals surface area contributed by atoms with E-state index in [1.165, 1.54) is 16.7 Å². The van der Waals surface area contributed by atoms with Gasteiger partial charge in [-0.3, -0.25) is 0 Å². The maximum atomic E-state index is 11.2. The summed E-state index contributed by atoms with van der Waals surface area (Å²) in [7, 11) is 3.38. The van der Waals surface area contributed by atoms with Crippen LogP contribution < -0.4 is 9.47 Å². The highest BCUT2D eigenvalue weighted by Gasteiger charge is 2.46. The van der Waals surface area contributed by atoms with Crippen molar-refractivity contribution >= 4 is 0 Å². The van der Waals surface area contributed by atoms with Crippen LogP contribution in [0.3, 0.4) is 0 Å². The van der Waals surface area contributed by atoms with E-state index in [2.05, 4.69) is 33.8 Å². The fourth-order valence-electron chi connectivity index (χ4n) is 5.21. The molecule has 4 atom stereocenters. The quantitative estimate of drug-likeness (QED) is 0.767. The van der Waals surface area contributed by atoms with Crippen molar-refractivity contribution in [1.82, 2.24) is 0 Å². The third kappa shape index (κ3) is 2.77. The Morgan fingerprint density at radius 1 is 1.16 bits per heavy atom. The van der Waals surface area contributed by atoms with Crippen molar-refractivity contribution in [1.29, 1.82) is 0 Å². The van der Waals surface area contributed by atoms with E-state index in [1.54, 1.807) is 14.2 Å². The molecular formula is C22H32O3. The predicted octanol–water partition coefficient (Wildman–Crippen LogP) is 5.19. The van der Waals surface area contributed by atoms with Gasteiger partial charge in [0.2, 0.25) is 0 Å². The van der Waals surface area contributed by atoms with Gasteiger partial charge in [-0.2, -0.15) is 0 Å². The monoisotopic (exact) mass is 344 g/mol. The van der Waals surface area contributed by atoms with Crippen molar-refractivity contribution in [2.24, 2.45) is 5.92 Å². The lowest BCUT2D eigenvalue weighted by atomic mass is 9.61. The van der Waals surface area contributed by atoms with Crippen LogP contribution in [0.1, 0.15) is 81.0 Å². The van der Waals surface area contributed by atoms with Gasteiger partial charge in [0.1, 0.15) is 0 Å². The molecule has 0 bridgehead atoms.